The van der Waals surface area contributed by atoms with Crippen LogP contribution in [0.2, 0.25) is 0 Å². The second-order valence-corrected chi connectivity index (χ2v) is 5.70. The molecule has 23 heavy (non-hydrogen) atoms. The lowest BCUT2D eigenvalue weighted by Gasteiger charge is -2.13. The number of guanidine groups is 1. The van der Waals surface area contributed by atoms with E-state index in [9.17, 15) is 0 Å². The standard InChI is InChI=1S/C18H24N4.HI/c1-14-8-10-17(11-9-14)21-18(19)20-12-15-6-4-5-7-16(15)13-22(2)3;/h4-11H,12-13H2,1-3H3,(H3,19,20,21);1H. The summed E-state index contributed by atoms with van der Waals surface area (Å²) in [6.45, 7) is 3.54. The van der Waals surface area contributed by atoms with Crippen molar-refractivity contribution in [3.63, 3.8) is 0 Å². The number of benzene rings is 2. The molecule has 0 unspecified atom stereocenters. The van der Waals surface area contributed by atoms with Gasteiger partial charge in [0.1, 0.15) is 0 Å². The van der Waals surface area contributed by atoms with Gasteiger partial charge in [-0.3, -0.25) is 0 Å². The van der Waals surface area contributed by atoms with Gasteiger partial charge in [0, 0.05) is 12.2 Å². The Balaban J connectivity index is 0.00000264. The lowest BCUT2D eigenvalue weighted by molar-refractivity contribution is 0.401. The topological polar surface area (TPSA) is 53.6 Å². The molecule has 0 radical (unpaired) electrons. The molecule has 0 aliphatic carbocycles. The summed E-state index contributed by atoms with van der Waals surface area (Å²) in [7, 11) is 4.13. The zero-order chi connectivity index (χ0) is 15.9. The SMILES string of the molecule is Cc1ccc(NC(N)=NCc2ccccc2CN(C)C)cc1.I. The van der Waals surface area contributed by atoms with Gasteiger partial charge in [-0.25, -0.2) is 4.99 Å². The van der Waals surface area contributed by atoms with E-state index in [1.807, 2.05) is 30.3 Å². The molecular formula is C18H25IN4. The molecule has 0 aromatic heterocycles. The number of aryl methyl sites for hydroxylation is 1. The molecule has 0 spiro atoms. The molecule has 0 bridgehead atoms. The molecule has 0 saturated carbocycles. The van der Waals surface area contributed by atoms with E-state index in [-0.39, 0.29) is 24.0 Å². The summed E-state index contributed by atoms with van der Waals surface area (Å²) in [6, 6.07) is 16.4. The molecular weight excluding hydrogens is 399 g/mol. The van der Waals surface area contributed by atoms with Crippen molar-refractivity contribution in [3.8, 4) is 0 Å². The first-order valence-corrected chi connectivity index (χ1v) is 7.39. The van der Waals surface area contributed by atoms with Crippen LogP contribution in [0.5, 0.6) is 0 Å². The summed E-state index contributed by atoms with van der Waals surface area (Å²) in [5.41, 5.74) is 10.6. The van der Waals surface area contributed by atoms with Crippen LogP contribution < -0.4 is 11.1 Å². The Bertz CT molecular complexity index is 636. The van der Waals surface area contributed by atoms with Crippen molar-refractivity contribution in [3.05, 3.63) is 65.2 Å². The summed E-state index contributed by atoms with van der Waals surface area (Å²) in [5.74, 6) is 0.434. The minimum Gasteiger partial charge on any atom is -0.370 e. The van der Waals surface area contributed by atoms with Crippen molar-refractivity contribution in [2.24, 2.45) is 10.7 Å². The van der Waals surface area contributed by atoms with Crippen LogP contribution in [0.15, 0.2) is 53.5 Å². The predicted molar refractivity (Wildman–Crippen MR) is 109 cm³/mol. The van der Waals surface area contributed by atoms with Gasteiger partial charge < -0.3 is 16.0 Å². The van der Waals surface area contributed by atoms with Crippen LogP contribution in [-0.4, -0.2) is 25.0 Å². The molecule has 2 aromatic rings. The van der Waals surface area contributed by atoms with Crippen molar-refractivity contribution in [2.75, 3.05) is 19.4 Å². The molecule has 0 atom stereocenters. The van der Waals surface area contributed by atoms with E-state index < -0.39 is 0 Å². The van der Waals surface area contributed by atoms with Gasteiger partial charge in [-0.1, -0.05) is 42.0 Å². The summed E-state index contributed by atoms with van der Waals surface area (Å²) in [4.78, 5) is 6.59. The molecule has 0 aliphatic heterocycles. The Kier molecular flexibility index (Phi) is 8.05. The van der Waals surface area contributed by atoms with Gasteiger partial charge in [0.05, 0.1) is 6.54 Å². The van der Waals surface area contributed by atoms with Crippen molar-refractivity contribution in [2.45, 2.75) is 20.0 Å². The molecule has 0 saturated heterocycles. The van der Waals surface area contributed by atoms with Crippen molar-refractivity contribution in [1.29, 1.82) is 0 Å². The van der Waals surface area contributed by atoms with E-state index in [1.165, 1.54) is 16.7 Å². The molecule has 0 aliphatic rings. The fourth-order valence-corrected chi connectivity index (χ4v) is 2.20. The first kappa shape index (κ1) is 19.4. The number of halogens is 1. The van der Waals surface area contributed by atoms with E-state index in [2.05, 4.69) is 54.4 Å². The normalized spacial score (nSPS) is 11.2. The summed E-state index contributed by atoms with van der Waals surface area (Å²) in [6.07, 6.45) is 0. The van der Waals surface area contributed by atoms with Gasteiger partial charge >= 0.3 is 0 Å². The summed E-state index contributed by atoms with van der Waals surface area (Å²) < 4.78 is 0. The van der Waals surface area contributed by atoms with E-state index in [4.69, 9.17) is 5.73 Å². The second kappa shape index (κ2) is 9.52. The van der Waals surface area contributed by atoms with Crippen molar-refractivity contribution in [1.82, 2.24) is 4.90 Å². The second-order valence-electron chi connectivity index (χ2n) is 5.70. The third-order valence-corrected chi connectivity index (χ3v) is 3.35. The number of anilines is 1. The monoisotopic (exact) mass is 424 g/mol. The fourth-order valence-electron chi connectivity index (χ4n) is 2.20. The highest BCUT2D eigenvalue weighted by Crippen LogP contribution is 2.12. The minimum atomic E-state index is 0. The molecule has 3 N–H and O–H groups in total. The van der Waals surface area contributed by atoms with Crippen molar-refractivity contribution < 1.29 is 0 Å². The van der Waals surface area contributed by atoms with Gasteiger partial charge in [0.15, 0.2) is 5.96 Å². The van der Waals surface area contributed by atoms with Gasteiger partial charge in [-0.15, -0.1) is 24.0 Å². The smallest absolute Gasteiger partial charge is 0.193 e. The van der Waals surface area contributed by atoms with Crippen LogP contribution in [0.25, 0.3) is 0 Å². The summed E-state index contributed by atoms with van der Waals surface area (Å²) in [5, 5.41) is 3.12. The van der Waals surface area contributed by atoms with E-state index in [0.717, 1.165) is 12.2 Å². The zero-order valence-corrected chi connectivity index (χ0v) is 16.2. The lowest BCUT2D eigenvalue weighted by Crippen LogP contribution is -2.22. The maximum Gasteiger partial charge on any atom is 0.193 e. The number of aliphatic imine (C=N–C) groups is 1. The number of nitrogens with two attached hydrogens (primary N) is 1. The Morgan fingerprint density at radius 1 is 1.04 bits per heavy atom. The Labute approximate surface area is 155 Å². The molecule has 0 fully saturated rings. The zero-order valence-electron chi connectivity index (χ0n) is 13.9. The molecule has 2 rings (SSSR count). The Morgan fingerprint density at radius 3 is 2.26 bits per heavy atom. The van der Waals surface area contributed by atoms with Crippen LogP contribution >= 0.6 is 24.0 Å². The van der Waals surface area contributed by atoms with Crippen LogP contribution in [-0.2, 0) is 13.1 Å². The number of hydrogen-bond acceptors (Lipinski definition) is 2. The first-order chi connectivity index (χ1) is 10.5. The molecule has 2 aromatic carbocycles. The number of rotatable bonds is 5. The highest BCUT2D eigenvalue weighted by molar-refractivity contribution is 14.0. The number of nitrogens with zero attached hydrogens (tertiary/aromatic N) is 2. The van der Waals surface area contributed by atoms with Gasteiger partial charge in [0.2, 0.25) is 0 Å². The number of nitrogens with one attached hydrogen (secondary N) is 1. The summed E-state index contributed by atoms with van der Waals surface area (Å²) >= 11 is 0. The molecule has 0 heterocycles. The quantitative estimate of drug-likeness (QED) is 0.438. The number of hydrogen-bond donors (Lipinski definition) is 2. The largest absolute Gasteiger partial charge is 0.370 e. The third-order valence-electron chi connectivity index (χ3n) is 3.35. The Hall–Kier alpha value is -1.60. The van der Waals surface area contributed by atoms with Gasteiger partial charge in [-0.05, 0) is 44.3 Å². The van der Waals surface area contributed by atoms with Crippen LogP contribution in [0, 0.1) is 6.92 Å². The van der Waals surface area contributed by atoms with E-state index >= 15 is 0 Å². The van der Waals surface area contributed by atoms with E-state index in [0.29, 0.717) is 12.5 Å². The average molecular weight is 424 g/mol. The maximum absolute atomic E-state index is 5.97. The highest BCUT2D eigenvalue weighted by Gasteiger charge is 2.03. The van der Waals surface area contributed by atoms with Crippen LogP contribution in [0.3, 0.4) is 0 Å². The van der Waals surface area contributed by atoms with Crippen molar-refractivity contribution >= 4 is 35.6 Å². The van der Waals surface area contributed by atoms with Gasteiger partial charge in [0.25, 0.3) is 0 Å². The molecule has 124 valence electrons. The fraction of sp³-hybridized carbons (Fsp3) is 0.278. The lowest BCUT2D eigenvalue weighted by atomic mass is 10.1. The predicted octanol–water partition coefficient (Wildman–Crippen LogP) is 3.60. The average Bonchev–Trinajstić information content (AvgIpc) is 2.48. The first-order valence-electron chi connectivity index (χ1n) is 7.39. The minimum absolute atomic E-state index is 0. The highest BCUT2D eigenvalue weighted by atomic mass is 127. The van der Waals surface area contributed by atoms with Gasteiger partial charge in [-0.2, -0.15) is 0 Å². The van der Waals surface area contributed by atoms with Crippen LogP contribution in [0.4, 0.5) is 5.69 Å². The molecule has 4 nitrogen and oxygen atoms in total. The molecule has 0 amide bonds. The van der Waals surface area contributed by atoms with Crippen LogP contribution in [0.1, 0.15) is 16.7 Å². The van der Waals surface area contributed by atoms with E-state index in [1.54, 1.807) is 0 Å². The maximum atomic E-state index is 5.97. The molecule has 5 heteroatoms. The third kappa shape index (κ3) is 6.58. The Morgan fingerprint density at radius 2 is 1.65 bits per heavy atom.